The Morgan fingerprint density at radius 3 is 2.73 bits per heavy atom. The van der Waals surface area contributed by atoms with Crippen LogP contribution in [0.2, 0.25) is 0 Å². The molecule has 11 heavy (non-hydrogen) atoms. The Hall–Kier alpha value is -0.960. The zero-order valence-electron chi connectivity index (χ0n) is 6.78. The van der Waals surface area contributed by atoms with Gasteiger partial charge >= 0.3 is 0 Å². The van der Waals surface area contributed by atoms with Crippen LogP contribution in [0.1, 0.15) is 31.0 Å². The summed E-state index contributed by atoms with van der Waals surface area (Å²) in [5, 5.41) is 8.88. The van der Waals surface area contributed by atoms with Crippen molar-refractivity contribution < 1.29 is 5.11 Å². The minimum absolute atomic E-state index is 0.00394. The first-order chi connectivity index (χ1) is 5.25. The lowest BCUT2D eigenvalue weighted by Gasteiger charge is -2.07. The van der Waals surface area contributed by atoms with E-state index in [1.54, 1.807) is 6.20 Å². The fourth-order valence-corrected chi connectivity index (χ4v) is 0.980. The molecule has 3 heteroatoms. The quantitative estimate of drug-likeness (QED) is 0.690. The second kappa shape index (κ2) is 3.44. The van der Waals surface area contributed by atoms with Crippen LogP contribution in [0.5, 0.6) is 0 Å². The van der Waals surface area contributed by atoms with Crippen molar-refractivity contribution in [1.82, 2.24) is 9.97 Å². The molecule has 60 valence electrons. The molecule has 1 aromatic rings. The van der Waals surface area contributed by atoms with Gasteiger partial charge in [0.1, 0.15) is 6.33 Å². The van der Waals surface area contributed by atoms with E-state index in [9.17, 15) is 0 Å². The van der Waals surface area contributed by atoms with Gasteiger partial charge in [0, 0.05) is 6.20 Å². The average molecular weight is 152 g/mol. The highest BCUT2D eigenvalue weighted by Gasteiger charge is 2.05. The van der Waals surface area contributed by atoms with Gasteiger partial charge in [-0.3, -0.25) is 0 Å². The van der Waals surface area contributed by atoms with Crippen LogP contribution >= 0.6 is 0 Å². The topological polar surface area (TPSA) is 46.0 Å². The van der Waals surface area contributed by atoms with Crippen LogP contribution in [0.4, 0.5) is 0 Å². The molecule has 0 spiro atoms. The third-order valence-electron chi connectivity index (χ3n) is 1.60. The summed E-state index contributed by atoms with van der Waals surface area (Å²) < 4.78 is 0. The maximum Gasteiger partial charge on any atom is 0.115 e. The second-order valence-electron chi connectivity index (χ2n) is 2.74. The van der Waals surface area contributed by atoms with Crippen LogP contribution in [0.3, 0.4) is 0 Å². The van der Waals surface area contributed by atoms with Crippen LogP contribution in [-0.2, 0) is 6.61 Å². The van der Waals surface area contributed by atoms with Gasteiger partial charge in [-0.2, -0.15) is 0 Å². The van der Waals surface area contributed by atoms with Gasteiger partial charge in [-0.25, -0.2) is 9.97 Å². The van der Waals surface area contributed by atoms with E-state index in [4.69, 9.17) is 5.11 Å². The number of nitrogens with zero attached hydrogens (tertiary/aromatic N) is 2. The molecule has 0 aliphatic rings. The molecule has 0 fully saturated rings. The average Bonchev–Trinajstić information content (AvgIpc) is 2.04. The molecular formula is C8H12N2O. The van der Waals surface area contributed by atoms with Gasteiger partial charge < -0.3 is 5.11 Å². The Bertz CT molecular complexity index is 235. The Balaban J connectivity index is 3.02. The van der Waals surface area contributed by atoms with Crippen LogP contribution in [0.25, 0.3) is 0 Å². The van der Waals surface area contributed by atoms with E-state index in [1.807, 2.05) is 0 Å². The highest BCUT2D eigenvalue weighted by atomic mass is 16.3. The van der Waals surface area contributed by atoms with Crippen LogP contribution in [0.15, 0.2) is 12.5 Å². The maximum atomic E-state index is 8.88. The Kier molecular flexibility index (Phi) is 2.54. The summed E-state index contributed by atoms with van der Waals surface area (Å²) in [6, 6.07) is 0. The monoisotopic (exact) mass is 152 g/mol. The molecule has 3 nitrogen and oxygen atoms in total. The SMILES string of the molecule is CC(C)c1cncnc1CO. The molecule has 0 bridgehead atoms. The number of rotatable bonds is 2. The molecule has 0 saturated heterocycles. The van der Waals surface area contributed by atoms with Gasteiger partial charge in [0.25, 0.3) is 0 Å². The lowest BCUT2D eigenvalue weighted by Crippen LogP contribution is -1.99. The standard InChI is InChI=1S/C8H12N2O/c1-6(2)7-3-9-5-10-8(7)4-11/h3,5-6,11H,4H2,1-2H3. The number of aliphatic hydroxyl groups excluding tert-OH is 1. The fourth-order valence-electron chi connectivity index (χ4n) is 0.980. The largest absolute Gasteiger partial charge is 0.390 e. The summed E-state index contributed by atoms with van der Waals surface area (Å²) in [5.41, 5.74) is 1.75. The van der Waals surface area contributed by atoms with E-state index < -0.39 is 0 Å². The molecule has 0 radical (unpaired) electrons. The van der Waals surface area contributed by atoms with Crippen molar-refractivity contribution in [2.45, 2.75) is 26.4 Å². The lowest BCUT2D eigenvalue weighted by molar-refractivity contribution is 0.274. The number of aliphatic hydroxyl groups is 1. The molecule has 0 atom stereocenters. The predicted octanol–water partition coefficient (Wildman–Crippen LogP) is 1.09. The molecular weight excluding hydrogens is 140 g/mol. The summed E-state index contributed by atoms with van der Waals surface area (Å²) in [5.74, 6) is 0.373. The van der Waals surface area contributed by atoms with Gasteiger partial charge in [0.2, 0.25) is 0 Å². The van der Waals surface area contributed by atoms with Gasteiger partial charge in [-0.05, 0) is 11.5 Å². The van der Waals surface area contributed by atoms with E-state index in [-0.39, 0.29) is 6.61 Å². The molecule has 0 saturated carbocycles. The van der Waals surface area contributed by atoms with Crippen molar-refractivity contribution in [2.24, 2.45) is 0 Å². The fraction of sp³-hybridized carbons (Fsp3) is 0.500. The smallest absolute Gasteiger partial charge is 0.115 e. The van der Waals surface area contributed by atoms with Gasteiger partial charge in [-0.1, -0.05) is 13.8 Å². The summed E-state index contributed by atoms with van der Waals surface area (Å²) in [4.78, 5) is 7.85. The number of hydrogen-bond acceptors (Lipinski definition) is 3. The summed E-state index contributed by atoms with van der Waals surface area (Å²) >= 11 is 0. The van der Waals surface area contributed by atoms with Crippen molar-refractivity contribution >= 4 is 0 Å². The molecule has 0 aromatic carbocycles. The summed E-state index contributed by atoms with van der Waals surface area (Å²) in [6.07, 6.45) is 3.21. The van der Waals surface area contributed by atoms with Crippen LogP contribution < -0.4 is 0 Å². The van der Waals surface area contributed by atoms with Crippen molar-refractivity contribution in [2.75, 3.05) is 0 Å². The Morgan fingerprint density at radius 1 is 1.55 bits per heavy atom. The summed E-state index contributed by atoms with van der Waals surface area (Å²) in [6.45, 7) is 4.10. The third-order valence-corrected chi connectivity index (χ3v) is 1.60. The van der Waals surface area contributed by atoms with Crippen LogP contribution in [-0.4, -0.2) is 15.1 Å². The molecule has 0 aliphatic carbocycles. The molecule has 1 rings (SSSR count). The second-order valence-corrected chi connectivity index (χ2v) is 2.74. The Labute approximate surface area is 66.1 Å². The molecule has 0 aliphatic heterocycles. The highest BCUT2D eigenvalue weighted by molar-refractivity contribution is 5.18. The van der Waals surface area contributed by atoms with Crippen molar-refractivity contribution in [3.63, 3.8) is 0 Å². The van der Waals surface area contributed by atoms with Crippen LogP contribution in [0, 0.1) is 0 Å². The van der Waals surface area contributed by atoms with E-state index >= 15 is 0 Å². The number of aromatic nitrogens is 2. The Morgan fingerprint density at radius 2 is 2.27 bits per heavy atom. The first kappa shape index (κ1) is 8.14. The van der Waals surface area contributed by atoms with Crippen molar-refractivity contribution in [3.05, 3.63) is 23.8 Å². The lowest BCUT2D eigenvalue weighted by atomic mass is 10.0. The zero-order chi connectivity index (χ0) is 8.27. The van der Waals surface area contributed by atoms with Gasteiger partial charge in [-0.15, -0.1) is 0 Å². The van der Waals surface area contributed by atoms with Crippen molar-refractivity contribution in [3.8, 4) is 0 Å². The molecule has 1 aromatic heterocycles. The zero-order valence-corrected chi connectivity index (χ0v) is 6.78. The van der Waals surface area contributed by atoms with E-state index in [2.05, 4.69) is 23.8 Å². The third kappa shape index (κ3) is 1.74. The molecule has 1 heterocycles. The van der Waals surface area contributed by atoms with E-state index in [0.717, 1.165) is 11.3 Å². The predicted molar refractivity (Wildman–Crippen MR) is 42.0 cm³/mol. The first-order valence-corrected chi connectivity index (χ1v) is 3.65. The minimum atomic E-state index is -0.00394. The normalized spacial score (nSPS) is 10.5. The van der Waals surface area contributed by atoms with E-state index in [0.29, 0.717) is 5.92 Å². The molecule has 1 N–H and O–H groups in total. The van der Waals surface area contributed by atoms with E-state index in [1.165, 1.54) is 6.33 Å². The summed E-state index contributed by atoms with van der Waals surface area (Å²) in [7, 11) is 0. The maximum absolute atomic E-state index is 8.88. The molecule has 0 amide bonds. The van der Waals surface area contributed by atoms with Gasteiger partial charge in [0.05, 0.1) is 12.3 Å². The minimum Gasteiger partial charge on any atom is -0.390 e. The van der Waals surface area contributed by atoms with Gasteiger partial charge in [0.15, 0.2) is 0 Å². The van der Waals surface area contributed by atoms with Crippen molar-refractivity contribution in [1.29, 1.82) is 0 Å². The first-order valence-electron chi connectivity index (χ1n) is 3.65. The highest BCUT2D eigenvalue weighted by Crippen LogP contribution is 2.15. The number of hydrogen-bond donors (Lipinski definition) is 1. The molecule has 0 unspecified atom stereocenters.